The van der Waals surface area contributed by atoms with Crippen molar-refractivity contribution in [2.75, 3.05) is 14.2 Å². The topological polar surface area (TPSA) is 47.9 Å². The summed E-state index contributed by atoms with van der Waals surface area (Å²) in [4.78, 5) is 14.6. The molecule has 0 atom stereocenters. The molecule has 0 bridgehead atoms. The Morgan fingerprint density at radius 3 is 2.67 bits per heavy atom. The van der Waals surface area contributed by atoms with Crippen molar-refractivity contribution in [1.29, 1.82) is 0 Å². The lowest BCUT2D eigenvalue weighted by Crippen LogP contribution is -2.10. The van der Waals surface area contributed by atoms with Crippen LogP contribution in [-0.2, 0) is 21.7 Å². The van der Waals surface area contributed by atoms with E-state index in [9.17, 15) is 4.79 Å². The quantitative estimate of drug-likeness (QED) is 0.620. The molecule has 0 aliphatic heterocycles. The van der Waals surface area contributed by atoms with Crippen LogP contribution in [0.4, 0.5) is 0 Å². The molecule has 1 aliphatic carbocycles. The normalized spacial score (nSPS) is 15.9. The van der Waals surface area contributed by atoms with E-state index in [0.29, 0.717) is 6.61 Å². The first kappa shape index (κ1) is 13.3. The van der Waals surface area contributed by atoms with Gasteiger partial charge in [-0.05, 0) is 30.5 Å². The van der Waals surface area contributed by atoms with Crippen LogP contribution in [0.25, 0.3) is 0 Å². The second-order valence-corrected chi connectivity index (χ2v) is 5.23. The summed E-state index contributed by atoms with van der Waals surface area (Å²) in [5.74, 6) is 0.730. The average molecular weight is 312 g/mol. The number of carbonyl (C=O) groups excluding carboxylic acids is 1. The summed E-state index contributed by atoms with van der Waals surface area (Å²) in [5.41, 5.74) is 1.47. The van der Waals surface area contributed by atoms with Crippen LogP contribution in [0, 0.1) is 0 Å². The first-order valence-corrected chi connectivity index (χ1v) is 6.41. The van der Waals surface area contributed by atoms with Crippen molar-refractivity contribution in [3.05, 3.63) is 27.7 Å². The average Bonchev–Trinajstić information content (AvgIpc) is 3.09. The molecule has 1 fully saturated rings. The highest BCUT2D eigenvalue weighted by atomic mass is 79.9. The van der Waals surface area contributed by atoms with Gasteiger partial charge < -0.3 is 9.47 Å². The molecule has 0 aromatic heterocycles. The molecular formula is C13H14BrNO3. The summed E-state index contributed by atoms with van der Waals surface area (Å²) in [6.45, 7) is 0.460. The summed E-state index contributed by atoms with van der Waals surface area (Å²) in [5, 5.41) is 0. The van der Waals surface area contributed by atoms with Gasteiger partial charge in [0.25, 0.3) is 0 Å². The SMILES string of the molecule is COCc1cc(Br)cc(OC)c1C1(N=C=O)CC1. The van der Waals surface area contributed by atoms with E-state index in [0.717, 1.165) is 34.2 Å². The van der Waals surface area contributed by atoms with Crippen molar-refractivity contribution in [1.82, 2.24) is 0 Å². The molecule has 4 nitrogen and oxygen atoms in total. The third kappa shape index (κ3) is 2.34. The number of nitrogens with zero attached hydrogens (tertiary/aromatic N) is 1. The monoisotopic (exact) mass is 311 g/mol. The summed E-state index contributed by atoms with van der Waals surface area (Å²) < 4.78 is 11.5. The summed E-state index contributed by atoms with van der Waals surface area (Å²) in [6, 6.07) is 3.86. The number of ether oxygens (including phenoxy) is 2. The molecule has 1 aromatic rings. The van der Waals surface area contributed by atoms with Gasteiger partial charge in [0.1, 0.15) is 11.3 Å². The number of isocyanates is 1. The Balaban J connectivity index is 2.59. The van der Waals surface area contributed by atoms with E-state index in [2.05, 4.69) is 20.9 Å². The lowest BCUT2D eigenvalue weighted by atomic mass is 9.98. The fraction of sp³-hybridized carbons (Fsp3) is 0.462. The maximum Gasteiger partial charge on any atom is 0.235 e. The lowest BCUT2D eigenvalue weighted by Gasteiger charge is -2.18. The highest BCUT2D eigenvalue weighted by molar-refractivity contribution is 9.10. The Bertz CT molecular complexity index is 505. The van der Waals surface area contributed by atoms with Crippen molar-refractivity contribution >= 4 is 22.0 Å². The highest BCUT2D eigenvalue weighted by Gasteiger charge is 2.48. The lowest BCUT2D eigenvalue weighted by molar-refractivity contribution is 0.183. The van der Waals surface area contributed by atoms with E-state index in [-0.39, 0.29) is 0 Å². The molecule has 1 aromatic carbocycles. The van der Waals surface area contributed by atoms with Gasteiger partial charge in [-0.2, -0.15) is 4.99 Å². The highest BCUT2D eigenvalue weighted by Crippen LogP contribution is 2.54. The zero-order valence-corrected chi connectivity index (χ0v) is 11.9. The molecule has 0 unspecified atom stereocenters. The minimum absolute atomic E-state index is 0.457. The van der Waals surface area contributed by atoms with Crippen molar-refractivity contribution in [2.24, 2.45) is 4.99 Å². The predicted molar refractivity (Wildman–Crippen MR) is 70.4 cm³/mol. The molecule has 0 amide bonds. The van der Waals surface area contributed by atoms with Gasteiger partial charge in [-0.25, -0.2) is 4.79 Å². The number of aliphatic imine (C=N–C) groups is 1. The van der Waals surface area contributed by atoms with Gasteiger partial charge in [0.05, 0.1) is 13.7 Å². The van der Waals surface area contributed by atoms with E-state index in [4.69, 9.17) is 9.47 Å². The predicted octanol–water partition coefficient (Wildman–Crippen LogP) is 2.93. The summed E-state index contributed by atoms with van der Waals surface area (Å²) in [7, 11) is 3.25. The standard InChI is InChI=1S/C13H14BrNO3/c1-17-7-9-5-10(14)6-11(18-2)12(9)13(3-4-13)15-8-16/h5-6H,3-4,7H2,1-2H3. The van der Waals surface area contributed by atoms with Gasteiger partial charge in [-0.3, -0.25) is 0 Å². The van der Waals surface area contributed by atoms with E-state index < -0.39 is 5.54 Å². The molecule has 0 heterocycles. The molecule has 0 radical (unpaired) electrons. The Kier molecular flexibility index (Phi) is 3.85. The van der Waals surface area contributed by atoms with Crippen molar-refractivity contribution in [3.8, 4) is 5.75 Å². The van der Waals surface area contributed by atoms with Gasteiger partial charge in [-0.1, -0.05) is 15.9 Å². The minimum Gasteiger partial charge on any atom is -0.496 e. The third-order valence-electron chi connectivity index (χ3n) is 3.12. The van der Waals surface area contributed by atoms with Crippen molar-refractivity contribution in [3.63, 3.8) is 0 Å². The Morgan fingerprint density at radius 1 is 1.44 bits per heavy atom. The number of halogens is 1. The fourth-order valence-electron chi connectivity index (χ4n) is 2.22. The number of hydrogen-bond donors (Lipinski definition) is 0. The van der Waals surface area contributed by atoms with Crippen LogP contribution in [0.5, 0.6) is 5.75 Å². The van der Waals surface area contributed by atoms with Crippen LogP contribution in [0.15, 0.2) is 21.6 Å². The molecule has 5 heteroatoms. The second-order valence-electron chi connectivity index (χ2n) is 4.31. The molecule has 1 aliphatic rings. The Morgan fingerprint density at radius 2 is 2.17 bits per heavy atom. The zero-order chi connectivity index (χ0) is 13.2. The third-order valence-corrected chi connectivity index (χ3v) is 3.57. The maximum absolute atomic E-state index is 10.6. The minimum atomic E-state index is -0.457. The van der Waals surface area contributed by atoms with Gasteiger partial charge in [0.15, 0.2) is 0 Å². The fourth-order valence-corrected chi connectivity index (χ4v) is 2.70. The molecule has 1 saturated carbocycles. The largest absolute Gasteiger partial charge is 0.496 e. The van der Waals surface area contributed by atoms with Gasteiger partial charge in [-0.15, -0.1) is 0 Å². The van der Waals surface area contributed by atoms with Crippen LogP contribution < -0.4 is 4.74 Å². The number of rotatable bonds is 5. The molecule has 0 saturated heterocycles. The molecule has 0 spiro atoms. The van der Waals surface area contributed by atoms with Crippen LogP contribution in [-0.4, -0.2) is 20.3 Å². The van der Waals surface area contributed by atoms with Gasteiger partial charge in [0, 0.05) is 17.1 Å². The smallest absolute Gasteiger partial charge is 0.235 e. The van der Waals surface area contributed by atoms with Crippen LogP contribution in [0.2, 0.25) is 0 Å². The van der Waals surface area contributed by atoms with Crippen LogP contribution in [0.1, 0.15) is 24.0 Å². The first-order valence-electron chi connectivity index (χ1n) is 5.61. The van der Waals surface area contributed by atoms with E-state index >= 15 is 0 Å². The zero-order valence-electron chi connectivity index (χ0n) is 10.3. The number of hydrogen-bond acceptors (Lipinski definition) is 4. The number of methoxy groups -OCH3 is 2. The van der Waals surface area contributed by atoms with Crippen LogP contribution >= 0.6 is 15.9 Å². The Hall–Kier alpha value is -1.16. The van der Waals surface area contributed by atoms with Crippen LogP contribution in [0.3, 0.4) is 0 Å². The van der Waals surface area contributed by atoms with Gasteiger partial charge >= 0.3 is 0 Å². The van der Waals surface area contributed by atoms with Crippen molar-refractivity contribution < 1.29 is 14.3 Å². The van der Waals surface area contributed by atoms with E-state index in [1.54, 1.807) is 20.3 Å². The van der Waals surface area contributed by atoms with E-state index in [1.807, 2.05) is 12.1 Å². The van der Waals surface area contributed by atoms with Crippen molar-refractivity contribution in [2.45, 2.75) is 25.0 Å². The summed E-state index contributed by atoms with van der Waals surface area (Å²) in [6.07, 6.45) is 3.36. The molecule has 96 valence electrons. The van der Waals surface area contributed by atoms with E-state index in [1.165, 1.54) is 0 Å². The maximum atomic E-state index is 10.6. The van der Waals surface area contributed by atoms with Gasteiger partial charge in [0.2, 0.25) is 6.08 Å². The molecular weight excluding hydrogens is 298 g/mol. The first-order chi connectivity index (χ1) is 8.66. The molecule has 18 heavy (non-hydrogen) atoms. The molecule has 2 rings (SSSR count). The molecule has 0 N–H and O–H groups in total. The second kappa shape index (κ2) is 5.22. The Labute approximate surface area is 114 Å². The number of benzene rings is 1. The summed E-state index contributed by atoms with van der Waals surface area (Å²) >= 11 is 3.44.